The number of hydrogen-bond donors (Lipinski definition) is 3. The van der Waals surface area contributed by atoms with E-state index in [1.165, 1.54) is 0 Å². The zero-order valence-electron chi connectivity index (χ0n) is 14.2. The SMILES string of the molecule is CC(C)COc1cccc(NC(=O)NC(C)(C)CCC(=O)O)c1. The topological polar surface area (TPSA) is 87.7 Å². The summed E-state index contributed by atoms with van der Waals surface area (Å²) in [4.78, 5) is 22.7. The van der Waals surface area contributed by atoms with E-state index in [-0.39, 0.29) is 12.5 Å². The Balaban J connectivity index is 2.56. The molecule has 0 radical (unpaired) electrons. The second-order valence-corrected chi connectivity index (χ2v) is 6.59. The van der Waals surface area contributed by atoms with Crippen molar-refractivity contribution < 1.29 is 19.4 Å². The molecule has 0 aliphatic heterocycles. The third-order valence-electron chi connectivity index (χ3n) is 3.09. The first kappa shape index (κ1) is 18.8. The zero-order valence-corrected chi connectivity index (χ0v) is 14.2. The predicted octanol–water partition coefficient (Wildman–Crippen LogP) is 3.49. The van der Waals surface area contributed by atoms with Gasteiger partial charge in [0.2, 0.25) is 0 Å². The Kier molecular flexibility index (Phi) is 6.88. The molecule has 23 heavy (non-hydrogen) atoms. The van der Waals surface area contributed by atoms with Crippen molar-refractivity contribution in [1.29, 1.82) is 0 Å². The summed E-state index contributed by atoms with van der Waals surface area (Å²) < 4.78 is 5.62. The number of carbonyl (C=O) groups excluding carboxylic acids is 1. The highest BCUT2D eigenvalue weighted by molar-refractivity contribution is 5.89. The first-order valence-corrected chi connectivity index (χ1v) is 7.72. The van der Waals surface area contributed by atoms with E-state index in [0.29, 0.717) is 30.4 Å². The zero-order chi connectivity index (χ0) is 17.5. The van der Waals surface area contributed by atoms with Crippen molar-refractivity contribution in [1.82, 2.24) is 5.32 Å². The van der Waals surface area contributed by atoms with Gasteiger partial charge in [-0.25, -0.2) is 4.79 Å². The van der Waals surface area contributed by atoms with Crippen molar-refractivity contribution in [2.75, 3.05) is 11.9 Å². The Morgan fingerprint density at radius 1 is 1.30 bits per heavy atom. The molecule has 2 amide bonds. The molecule has 0 unspecified atom stereocenters. The monoisotopic (exact) mass is 322 g/mol. The van der Waals surface area contributed by atoms with Gasteiger partial charge >= 0.3 is 12.0 Å². The molecule has 0 fully saturated rings. The Morgan fingerprint density at radius 3 is 2.61 bits per heavy atom. The number of carboxylic acids is 1. The number of urea groups is 1. The van der Waals surface area contributed by atoms with E-state index in [2.05, 4.69) is 24.5 Å². The number of nitrogens with one attached hydrogen (secondary N) is 2. The molecule has 0 saturated heterocycles. The standard InChI is InChI=1S/C17H26N2O4/c1-12(2)11-23-14-7-5-6-13(10-14)18-16(22)19-17(3,4)9-8-15(20)21/h5-7,10,12H,8-9,11H2,1-4H3,(H,20,21)(H2,18,19,22). The Bertz CT molecular complexity index is 541. The number of amides is 2. The molecular weight excluding hydrogens is 296 g/mol. The average Bonchev–Trinajstić information content (AvgIpc) is 2.43. The molecule has 0 bridgehead atoms. The van der Waals surface area contributed by atoms with Gasteiger partial charge in [0, 0.05) is 23.7 Å². The van der Waals surface area contributed by atoms with Crippen LogP contribution < -0.4 is 15.4 Å². The highest BCUT2D eigenvalue weighted by atomic mass is 16.5. The number of rotatable bonds is 8. The molecule has 3 N–H and O–H groups in total. The second kappa shape index (κ2) is 8.41. The number of ether oxygens (including phenoxy) is 1. The van der Waals surface area contributed by atoms with Crippen LogP contribution in [0.15, 0.2) is 24.3 Å². The number of carboxylic acid groups (broad SMARTS) is 1. The van der Waals surface area contributed by atoms with Crippen LogP contribution in [0.1, 0.15) is 40.5 Å². The largest absolute Gasteiger partial charge is 0.493 e. The van der Waals surface area contributed by atoms with Crippen LogP contribution in [0, 0.1) is 5.92 Å². The quantitative estimate of drug-likeness (QED) is 0.683. The van der Waals surface area contributed by atoms with Crippen molar-refractivity contribution in [3.8, 4) is 5.75 Å². The first-order chi connectivity index (χ1) is 10.7. The van der Waals surface area contributed by atoms with Crippen molar-refractivity contribution in [2.45, 2.75) is 46.1 Å². The predicted molar refractivity (Wildman–Crippen MR) is 89.9 cm³/mol. The van der Waals surface area contributed by atoms with Crippen LogP contribution in [0.25, 0.3) is 0 Å². The summed E-state index contributed by atoms with van der Waals surface area (Å²) in [7, 11) is 0. The summed E-state index contributed by atoms with van der Waals surface area (Å²) in [5.74, 6) is 0.238. The minimum absolute atomic E-state index is 0.00576. The van der Waals surface area contributed by atoms with Crippen LogP contribution >= 0.6 is 0 Å². The lowest BCUT2D eigenvalue weighted by molar-refractivity contribution is -0.137. The maximum Gasteiger partial charge on any atom is 0.319 e. The van der Waals surface area contributed by atoms with Crippen LogP contribution in [-0.2, 0) is 4.79 Å². The third-order valence-corrected chi connectivity index (χ3v) is 3.09. The fourth-order valence-corrected chi connectivity index (χ4v) is 1.88. The summed E-state index contributed by atoms with van der Waals surface area (Å²) in [6.07, 6.45) is 0.360. The minimum Gasteiger partial charge on any atom is -0.493 e. The summed E-state index contributed by atoms with van der Waals surface area (Å²) in [6, 6.07) is 6.79. The smallest absolute Gasteiger partial charge is 0.319 e. The Labute approximate surface area is 137 Å². The average molecular weight is 322 g/mol. The van der Waals surface area contributed by atoms with Crippen molar-refractivity contribution in [3.63, 3.8) is 0 Å². The van der Waals surface area contributed by atoms with Gasteiger partial charge in [0.1, 0.15) is 5.75 Å². The molecule has 1 rings (SSSR count). The van der Waals surface area contributed by atoms with Crippen molar-refractivity contribution in [3.05, 3.63) is 24.3 Å². The molecule has 0 heterocycles. The normalized spacial score (nSPS) is 11.2. The molecule has 0 saturated carbocycles. The lowest BCUT2D eigenvalue weighted by Crippen LogP contribution is -2.45. The fraction of sp³-hybridized carbons (Fsp3) is 0.529. The fourth-order valence-electron chi connectivity index (χ4n) is 1.88. The maximum absolute atomic E-state index is 12.0. The Hall–Kier alpha value is -2.24. The van der Waals surface area contributed by atoms with Gasteiger partial charge in [-0.05, 0) is 38.3 Å². The lowest BCUT2D eigenvalue weighted by Gasteiger charge is -2.25. The van der Waals surface area contributed by atoms with Gasteiger partial charge in [-0.15, -0.1) is 0 Å². The third kappa shape index (κ3) is 8.09. The minimum atomic E-state index is -0.879. The van der Waals surface area contributed by atoms with Crippen molar-refractivity contribution >= 4 is 17.7 Å². The summed E-state index contributed by atoms with van der Waals surface area (Å²) >= 11 is 0. The highest BCUT2D eigenvalue weighted by Gasteiger charge is 2.21. The van der Waals surface area contributed by atoms with E-state index < -0.39 is 11.5 Å². The van der Waals surface area contributed by atoms with Gasteiger partial charge in [0.05, 0.1) is 6.61 Å². The summed E-state index contributed by atoms with van der Waals surface area (Å²) in [5, 5.41) is 14.2. The first-order valence-electron chi connectivity index (χ1n) is 7.72. The van der Waals surface area contributed by atoms with Crippen LogP contribution in [0.2, 0.25) is 0 Å². The van der Waals surface area contributed by atoms with E-state index in [4.69, 9.17) is 9.84 Å². The summed E-state index contributed by atoms with van der Waals surface area (Å²) in [6.45, 7) is 8.32. The molecule has 128 valence electrons. The molecule has 0 atom stereocenters. The molecule has 0 aliphatic rings. The molecule has 6 nitrogen and oxygen atoms in total. The van der Waals surface area contributed by atoms with Gasteiger partial charge in [0.25, 0.3) is 0 Å². The molecule has 1 aromatic carbocycles. The van der Waals surface area contributed by atoms with Crippen LogP contribution in [0.4, 0.5) is 10.5 Å². The second-order valence-electron chi connectivity index (χ2n) is 6.59. The number of carbonyl (C=O) groups is 2. The van der Waals surface area contributed by atoms with Gasteiger partial charge in [-0.3, -0.25) is 4.79 Å². The van der Waals surface area contributed by atoms with E-state index in [0.717, 1.165) is 0 Å². The summed E-state index contributed by atoms with van der Waals surface area (Å²) in [5.41, 5.74) is 0.0200. The molecule has 0 aromatic heterocycles. The van der Waals surface area contributed by atoms with E-state index in [1.807, 2.05) is 6.07 Å². The Morgan fingerprint density at radius 2 is 2.00 bits per heavy atom. The van der Waals surface area contributed by atoms with Gasteiger partial charge in [-0.2, -0.15) is 0 Å². The van der Waals surface area contributed by atoms with Gasteiger partial charge < -0.3 is 20.5 Å². The number of benzene rings is 1. The van der Waals surface area contributed by atoms with Crippen LogP contribution in [-0.4, -0.2) is 29.3 Å². The molecule has 0 aliphatic carbocycles. The number of aliphatic carboxylic acids is 1. The van der Waals surface area contributed by atoms with Gasteiger partial charge in [-0.1, -0.05) is 19.9 Å². The molecule has 6 heteroatoms. The lowest BCUT2D eigenvalue weighted by atomic mass is 9.99. The van der Waals surface area contributed by atoms with E-state index >= 15 is 0 Å². The maximum atomic E-state index is 12.0. The van der Waals surface area contributed by atoms with Gasteiger partial charge in [0.15, 0.2) is 0 Å². The van der Waals surface area contributed by atoms with E-state index in [9.17, 15) is 9.59 Å². The molecule has 1 aromatic rings. The van der Waals surface area contributed by atoms with Crippen LogP contribution in [0.5, 0.6) is 5.75 Å². The molecule has 0 spiro atoms. The number of anilines is 1. The van der Waals surface area contributed by atoms with Crippen LogP contribution in [0.3, 0.4) is 0 Å². The van der Waals surface area contributed by atoms with Crippen molar-refractivity contribution in [2.24, 2.45) is 5.92 Å². The van der Waals surface area contributed by atoms with E-state index in [1.54, 1.807) is 32.0 Å². The molecular formula is C17H26N2O4. The highest BCUT2D eigenvalue weighted by Crippen LogP contribution is 2.18. The number of hydrogen-bond acceptors (Lipinski definition) is 3.